The van der Waals surface area contributed by atoms with Gasteiger partial charge in [0.05, 0.1) is 45.6 Å². The van der Waals surface area contributed by atoms with Crippen LogP contribution in [-0.2, 0) is 0 Å². The highest BCUT2D eigenvalue weighted by atomic mass is 79.9. The number of benzene rings is 2. The van der Waals surface area contributed by atoms with Gasteiger partial charge in [0.25, 0.3) is 0 Å². The number of ether oxygens (including phenoxy) is 5. The molecule has 0 radical (unpaired) electrons. The van der Waals surface area contributed by atoms with Crippen LogP contribution in [0.15, 0.2) is 28.7 Å². The first kappa shape index (κ1) is 23.5. The molecule has 170 valence electrons. The van der Waals surface area contributed by atoms with Crippen molar-refractivity contribution in [2.24, 2.45) is 0 Å². The Morgan fingerprint density at radius 3 is 1.97 bits per heavy atom. The summed E-state index contributed by atoms with van der Waals surface area (Å²) in [5.74, 6) is 3.07. The Labute approximate surface area is 192 Å². The highest BCUT2D eigenvalue weighted by Gasteiger charge is 2.38. The molecule has 0 saturated heterocycles. The van der Waals surface area contributed by atoms with E-state index in [4.69, 9.17) is 23.7 Å². The van der Waals surface area contributed by atoms with Crippen molar-refractivity contribution in [3.05, 3.63) is 39.9 Å². The maximum atomic E-state index is 10.9. The highest BCUT2D eigenvalue weighted by Crippen LogP contribution is 2.51. The van der Waals surface area contributed by atoms with Gasteiger partial charge in [0, 0.05) is 5.92 Å². The molecule has 3 rings (SSSR count). The molecule has 0 amide bonds. The molecule has 1 aliphatic carbocycles. The Hall–Kier alpha value is -2.12. The summed E-state index contributed by atoms with van der Waals surface area (Å²) in [6, 6.07) is 7.95. The van der Waals surface area contributed by atoms with E-state index in [0.29, 0.717) is 41.8 Å². The number of methoxy groups -OCH3 is 4. The number of hydrogen-bond acceptors (Lipinski definition) is 6. The molecule has 0 bridgehead atoms. The van der Waals surface area contributed by atoms with Gasteiger partial charge in [-0.05, 0) is 76.5 Å². The van der Waals surface area contributed by atoms with Gasteiger partial charge in [-0.15, -0.1) is 0 Å². The minimum absolute atomic E-state index is 0.100. The molecule has 3 unspecified atom stereocenters. The van der Waals surface area contributed by atoms with Crippen LogP contribution in [-0.4, -0.2) is 46.3 Å². The van der Waals surface area contributed by atoms with Gasteiger partial charge in [-0.1, -0.05) is 6.92 Å². The average molecular weight is 495 g/mol. The summed E-state index contributed by atoms with van der Waals surface area (Å²) >= 11 is 3.65. The lowest BCUT2D eigenvalue weighted by atomic mass is 9.82. The van der Waals surface area contributed by atoms with Crippen LogP contribution >= 0.6 is 15.9 Å². The first-order valence-corrected chi connectivity index (χ1v) is 11.3. The molecule has 0 aliphatic heterocycles. The van der Waals surface area contributed by atoms with E-state index >= 15 is 0 Å². The maximum Gasteiger partial charge on any atom is 0.203 e. The minimum Gasteiger partial charge on any atom is -0.493 e. The zero-order chi connectivity index (χ0) is 22.5. The fourth-order valence-electron chi connectivity index (χ4n) is 4.40. The number of halogens is 1. The SMILES string of the molecule is CCCOc1c(Br)cc(C2CCC(O)C2c2cc(OC)c(OC)c(OC)c2)cc1OC. The summed E-state index contributed by atoms with van der Waals surface area (Å²) in [4.78, 5) is 0. The molecule has 1 aliphatic rings. The Bertz CT molecular complexity index is 875. The van der Waals surface area contributed by atoms with E-state index in [2.05, 4.69) is 28.9 Å². The summed E-state index contributed by atoms with van der Waals surface area (Å²) in [7, 11) is 6.42. The fraction of sp³-hybridized carbons (Fsp3) is 0.500. The highest BCUT2D eigenvalue weighted by molar-refractivity contribution is 9.10. The molecule has 7 heteroatoms. The first-order valence-electron chi connectivity index (χ1n) is 10.5. The third kappa shape index (κ3) is 4.72. The van der Waals surface area contributed by atoms with Gasteiger partial charge in [-0.2, -0.15) is 0 Å². The van der Waals surface area contributed by atoms with Crippen molar-refractivity contribution in [1.82, 2.24) is 0 Å². The van der Waals surface area contributed by atoms with E-state index in [1.807, 2.05) is 18.2 Å². The minimum atomic E-state index is -0.478. The smallest absolute Gasteiger partial charge is 0.203 e. The molecule has 2 aromatic carbocycles. The summed E-state index contributed by atoms with van der Waals surface area (Å²) in [5, 5.41) is 10.9. The summed E-state index contributed by atoms with van der Waals surface area (Å²) < 4.78 is 28.9. The van der Waals surface area contributed by atoms with E-state index < -0.39 is 6.10 Å². The van der Waals surface area contributed by atoms with Crippen molar-refractivity contribution >= 4 is 15.9 Å². The second-order valence-corrected chi connectivity index (χ2v) is 8.47. The van der Waals surface area contributed by atoms with E-state index in [1.165, 1.54) is 0 Å². The Morgan fingerprint density at radius 1 is 0.839 bits per heavy atom. The second-order valence-electron chi connectivity index (χ2n) is 7.62. The summed E-state index contributed by atoms with van der Waals surface area (Å²) in [6.45, 7) is 2.68. The Balaban J connectivity index is 2.04. The van der Waals surface area contributed by atoms with Crippen molar-refractivity contribution in [2.75, 3.05) is 35.0 Å². The third-order valence-electron chi connectivity index (χ3n) is 5.82. The zero-order valence-electron chi connectivity index (χ0n) is 18.7. The molecule has 0 heterocycles. The molecule has 0 spiro atoms. The molecule has 1 saturated carbocycles. The number of rotatable bonds is 9. The lowest BCUT2D eigenvalue weighted by molar-refractivity contribution is 0.160. The van der Waals surface area contributed by atoms with Crippen molar-refractivity contribution in [1.29, 1.82) is 0 Å². The molecule has 3 atom stereocenters. The number of aliphatic hydroxyl groups excluding tert-OH is 1. The van der Waals surface area contributed by atoms with Gasteiger partial charge >= 0.3 is 0 Å². The second kappa shape index (κ2) is 10.5. The Morgan fingerprint density at radius 2 is 1.42 bits per heavy atom. The van der Waals surface area contributed by atoms with Crippen molar-refractivity contribution in [2.45, 2.75) is 44.1 Å². The lowest BCUT2D eigenvalue weighted by Gasteiger charge is -2.26. The summed E-state index contributed by atoms with van der Waals surface area (Å²) in [5.41, 5.74) is 2.04. The van der Waals surface area contributed by atoms with Crippen molar-refractivity contribution in [3.8, 4) is 28.7 Å². The molecule has 31 heavy (non-hydrogen) atoms. The van der Waals surface area contributed by atoms with Crippen LogP contribution in [0.4, 0.5) is 0 Å². The number of hydrogen-bond donors (Lipinski definition) is 1. The van der Waals surface area contributed by atoms with Crippen LogP contribution in [0.2, 0.25) is 0 Å². The molecular weight excluding hydrogens is 464 g/mol. The Kier molecular flexibility index (Phi) is 7.94. The van der Waals surface area contributed by atoms with Gasteiger partial charge < -0.3 is 28.8 Å². The monoisotopic (exact) mass is 494 g/mol. The van der Waals surface area contributed by atoms with Crippen LogP contribution in [0.25, 0.3) is 0 Å². The quantitative estimate of drug-likeness (QED) is 0.510. The molecule has 0 aromatic heterocycles. The van der Waals surface area contributed by atoms with Crippen molar-refractivity contribution in [3.63, 3.8) is 0 Å². The van der Waals surface area contributed by atoms with Crippen LogP contribution in [0.5, 0.6) is 28.7 Å². The molecule has 6 nitrogen and oxygen atoms in total. The lowest BCUT2D eigenvalue weighted by Crippen LogP contribution is -2.17. The average Bonchev–Trinajstić information content (AvgIpc) is 3.17. The van der Waals surface area contributed by atoms with Crippen LogP contribution in [0, 0.1) is 0 Å². The molecule has 2 aromatic rings. The summed E-state index contributed by atoms with van der Waals surface area (Å²) in [6.07, 6.45) is 2.00. The van der Waals surface area contributed by atoms with Gasteiger partial charge in [0.2, 0.25) is 5.75 Å². The molecule has 1 N–H and O–H groups in total. The topological polar surface area (TPSA) is 66.4 Å². The van der Waals surface area contributed by atoms with Gasteiger partial charge in [-0.3, -0.25) is 0 Å². The van der Waals surface area contributed by atoms with Gasteiger partial charge in [-0.25, -0.2) is 0 Å². The third-order valence-corrected chi connectivity index (χ3v) is 6.41. The normalized spacial score (nSPS) is 20.4. The maximum absolute atomic E-state index is 10.9. The van der Waals surface area contributed by atoms with Gasteiger partial charge in [0.1, 0.15) is 0 Å². The van der Waals surface area contributed by atoms with Crippen LogP contribution in [0.3, 0.4) is 0 Å². The van der Waals surface area contributed by atoms with Crippen molar-refractivity contribution < 1.29 is 28.8 Å². The first-order chi connectivity index (χ1) is 15.0. The van der Waals surface area contributed by atoms with E-state index in [0.717, 1.165) is 28.4 Å². The van der Waals surface area contributed by atoms with Crippen LogP contribution < -0.4 is 23.7 Å². The zero-order valence-corrected chi connectivity index (χ0v) is 20.3. The molecule has 1 fully saturated rings. The van der Waals surface area contributed by atoms with E-state index in [9.17, 15) is 5.11 Å². The largest absolute Gasteiger partial charge is 0.493 e. The molecular formula is C24H31BrO6. The van der Waals surface area contributed by atoms with Gasteiger partial charge in [0.15, 0.2) is 23.0 Å². The standard InChI is InChI=1S/C24H31BrO6/c1-6-9-31-23-17(25)10-14(11-19(23)27-2)16-7-8-18(26)22(16)15-12-20(28-3)24(30-5)21(13-15)29-4/h10-13,16,18,22,26H,6-9H2,1-5H3. The van der Waals surface area contributed by atoms with E-state index in [1.54, 1.807) is 28.4 Å². The van der Waals surface area contributed by atoms with Crippen LogP contribution in [0.1, 0.15) is 49.1 Å². The van der Waals surface area contributed by atoms with E-state index in [-0.39, 0.29) is 11.8 Å². The fourth-order valence-corrected chi connectivity index (χ4v) is 4.97. The predicted molar refractivity (Wildman–Crippen MR) is 123 cm³/mol. The predicted octanol–water partition coefficient (Wildman–Crippen LogP) is 5.29. The number of aliphatic hydroxyl groups is 1.